The molecule has 2 saturated heterocycles. The fraction of sp³-hybridized carbons (Fsp3) is 0.706. The zero-order chi connectivity index (χ0) is 14.7. The van der Waals surface area contributed by atoms with E-state index >= 15 is 0 Å². The number of likely N-dealkylation sites (tertiary alicyclic amines) is 2. The molecule has 0 aromatic carbocycles. The van der Waals surface area contributed by atoms with Crippen molar-refractivity contribution in [3.63, 3.8) is 0 Å². The second-order valence-corrected chi connectivity index (χ2v) is 6.33. The average Bonchev–Trinajstić information content (AvgIpc) is 3.09. The molecule has 2 aliphatic rings. The van der Waals surface area contributed by atoms with Crippen LogP contribution in [0, 0.1) is 0 Å². The number of nitrogens with zero attached hydrogens (tertiary/aromatic N) is 3. The topological polar surface area (TPSA) is 28.5 Å². The van der Waals surface area contributed by atoms with E-state index in [4.69, 9.17) is 0 Å². The third kappa shape index (κ3) is 3.15. The summed E-state index contributed by atoms with van der Waals surface area (Å²) in [6, 6.07) is 4.88. The second kappa shape index (κ2) is 6.65. The molecule has 21 heavy (non-hydrogen) atoms. The lowest BCUT2D eigenvalue weighted by molar-refractivity contribution is -0.139. The van der Waals surface area contributed by atoms with Crippen molar-refractivity contribution in [2.24, 2.45) is 0 Å². The van der Waals surface area contributed by atoms with Crippen LogP contribution in [0.5, 0.6) is 0 Å². The Hall–Kier alpha value is -1.29. The molecule has 0 N–H and O–H groups in total. The number of amides is 1. The van der Waals surface area contributed by atoms with Crippen LogP contribution in [0.3, 0.4) is 0 Å². The number of rotatable bonds is 3. The average molecular weight is 289 g/mol. The molecule has 1 unspecified atom stereocenters. The maximum atomic E-state index is 12.8. The molecule has 4 heteroatoms. The van der Waals surface area contributed by atoms with Crippen LogP contribution in [-0.4, -0.2) is 52.5 Å². The lowest BCUT2D eigenvalue weighted by Gasteiger charge is -2.39. The molecule has 4 nitrogen and oxygen atoms in total. The van der Waals surface area contributed by atoms with Gasteiger partial charge >= 0.3 is 0 Å². The Labute approximate surface area is 127 Å². The first-order valence-corrected chi connectivity index (χ1v) is 8.45. The maximum absolute atomic E-state index is 12.8. The van der Waals surface area contributed by atoms with Gasteiger partial charge in [-0.05, 0) is 50.9 Å². The van der Waals surface area contributed by atoms with Crippen LogP contribution >= 0.6 is 0 Å². The van der Waals surface area contributed by atoms with Crippen LogP contribution in [0.4, 0.5) is 0 Å². The summed E-state index contributed by atoms with van der Waals surface area (Å²) in [6.07, 6.45) is 9.94. The molecule has 0 bridgehead atoms. The van der Waals surface area contributed by atoms with Gasteiger partial charge in [0.2, 0.25) is 5.91 Å². The molecule has 1 amide bonds. The highest BCUT2D eigenvalue weighted by Crippen LogP contribution is 2.25. The fourth-order valence-electron chi connectivity index (χ4n) is 3.84. The van der Waals surface area contributed by atoms with E-state index in [9.17, 15) is 4.79 Å². The normalized spacial score (nSPS) is 25.2. The minimum absolute atomic E-state index is 0.145. The standard InChI is InChI=1S/C17H27N3O/c1-2-18-10-4-3-7-16(18)17(21)20-13-8-15(9-14-20)19-11-5-6-12-19/h5-6,11-12,15-16H,2-4,7-10,13-14H2,1H3. The quantitative estimate of drug-likeness (QED) is 0.855. The van der Waals surface area contributed by atoms with Crippen LogP contribution in [0.15, 0.2) is 24.5 Å². The lowest BCUT2D eigenvalue weighted by Crippen LogP contribution is -2.52. The largest absolute Gasteiger partial charge is 0.351 e. The first kappa shape index (κ1) is 14.6. The highest BCUT2D eigenvalue weighted by molar-refractivity contribution is 5.82. The van der Waals surface area contributed by atoms with E-state index < -0.39 is 0 Å². The molecule has 0 aliphatic carbocycles. The molecule has 1 atom stereocenters. The Balaban J connectivity index is 1.57. The molecule has 3 rings (SSSR count). The summed E-state index contributed by atoms with van der Waals surface area (Å²) in [5, 5.41) is 0. The Morgan fingerprint density at radius 1 is 1.05 bits per heavy atom. The van der Waals surface area contributed by atoms with Crippen LogP contribution in [-0.2, 0) is 4.79 Å². The Bertz CT molecular complexity index is 449. The number of carbonyl (C=O) groups excluding carboxylic acids is 1. The number of piperidine rings is 2. The second-order valence-electron chi connectivity index (χ2n) is 6.33. The Morgan fingerprint density at radius 3 is 2.43 bits per heavy atom. The summed E-state index contributed by atoms with van der Waals surface area (Å²) in [5.41, 5.74) is 0. The summed E-state index contributed by atoms with van der Waals surface area (Å²) in [7, 11) is 0. The minimum atomic E-state index is 0.145. The predicted octanol–water partition coefficient (Wildman–Crippen LogP) is 2.53. The van der Waals surface area contributed by atoms with Gasteiger partial charge in [0.1, 0.15) is 0 Å². The number of likely N-dealkylation sites (N-methyl/N-ethyl adjacent to an activating group) is 1. The van der Waals surface area contributed by atoms with Crippen LogP contribution < -0.4 is 0 Å². The van der Waals surface area contributed by atoms with Crippen molar-refractivity contribution in [1.82, 2.24) is 14.4 Å². The smallest absolute Gasteiger partial charge is 0.239 e. The van der Waals surface area contributed by atoms with Crippen LogP contribution in [0.25, 0.3) is 0 Å². The van der Waals surface area contributed by atoms with E-state index in [0.29, 0.717) is 11.9 Å². The summed E-state index contributed by atoms with van der Waals surface area (Å²) in [5.74, 6) is 0.377. The Morgan fingerprint density at radius 2 is 1.76 bits per heavy atom. The number of hydrogen-bond donors (Lipinski definition) is 0. The number of carbonyl (C=O) groups is 1. The van der Waals surface area contributed by atoms with Crippen molar-refractivity contribution in [3.8, 4) is 0 Å². The molecule has 0 radical (unpaired) electrons. The molecule has 2 fully saturated rings. The van der Waals surface area contributed by atoms with Gasteiger partial charge in [0.25, 0.3) is 0 Å². The van der Waals surface area contributed by atoms with E-state index in [-0.39, 0.29) is 6.04 Å². The molecule has 1 aromatic heterocycles. The van der Waals surface area contributed by atoms with Crippen molar-refractivity contribution >= 4 is 5.91 Å². The lowest BCUT2D eigenvalue weighted by atomic mass is 9.98. The van der Waals surface area contributed by atoms with Gasteiger partial charge in [-0.25, -0.2) is 0 Å². The first-order valence-electron chi connectivity index (χ1n) is 8.45. The zero-order valence-corrected chi connectivity index (χ0v) is 13.1. The van der Waals surface area contributed by atoms with Gasteiger partial charge in [0.15, 0.2) is 0 Å². The number of hydrogen-bond acceptors (Lipinski definition) is 2. The first-order chi connectivity index (χ1) is 10.3. The maximum Gasteiger partial charge on any atom is 0.239 e. The van der Waals surface area contributed by atoms with Gasteiger partial charge in [-0.2, -0.15) is 0 Å². The van der Waals surface area contributed by atoms with Crippen molar-refractivity contribution in [2.75, 3.05) is 26.2 Å². The molecule has 0 spiro atoms. The minimum Gasteiger partial charge on any atom is -0.351 e. The van der Waals surface area contributed by atoms with E-state index in [1.807, 2.05) is 0 Å². The summed E-state index contributed by atoms with van der Waals surface area (Å²) in [6.45, 7) is 6.08. The zero-order valence-electron chi connectivity index (χ0n) is 13.1. The summed E-state index contributed by atoms with van der Waals surface area (Å²) >= 11 is 0. The predicted molar refractivity (Wildman–Crippen MR) is 84.2 cm³/mol. The van der Waals surface area contributed by atoms with Gasteiger partial charge in [0, 0.05) is 31.5 Å². The van der Waals surface area contributed by atoms with Crippen molar-refractivity contribution in [2.45, 2.75) is 51.1 Å². The Kier molecular flexibility index (Phi) is 4.63. The number of aromatic nitrogens is 1. The van der Waals surface area contributed by atoms with E-state index in [0.717, 1.165) is 45.4 Å². The van der Waals surface area contributed by atoms with E-state index in [1.54, 1.807) is 0 Å². The molecular weight excluding hydrogens is 262 g/mol. The van der Waals surface area contributed by atoms with E-state index in [1.165, 1.54) is 12.8 Å². The molecule has 1 aromatic rings. The monoisotopic (exact) mass is 289 g/mol. The molecule has 116 valence electrons. The fourth-order valence-corrected chi connectivity index (χ4v) is 3.84. The molecular formula is C17H27N3O. The highest BCUT2D eigenvalue weighted by Gasteiger charge is 2.32. The van der Waals surface area contributed by atoms with Crippen molar-refractivity contribution in [1.29, 1.82) is 0 Å². The third-order valence-electron chi connectivity index (χ3n) is 5.13. The van der Waals surface area contributed by atoms with Gasteiger partial charge in [-0.3, -0.25) is 9.69 Å². The third-order valence-corrected chi connectivity index (χ3v) is 5.13. The SMILES string of the molecule is CCN1CCCCC1C(=O)N1CCC(n2cccc2)CC1. The van der Waals surface area contributed by atoms with E-state index in [2.05, 4.69) is 45.8 Å². The van der Waals surface area contributed by atoms with Gasteiger partial charge in [-0.1, -0.05) is 13.3 Å². The summed E-state index contributed by atoms with van der Waals surface area (Å²) in [4.78, 5) is 17.3. The van der Waals surface area contributed by atoms with Gasteiger partial charge in [-0.15, -0.1) is 0 Å². The summed E-state index contributed by atoms with van der Waals surface area (Å²) < 4.78 is 2.29. The molecule has 0 saturated carbocycles. The molecule has 2 aliphatic heterocycles. The van der Waals surface area contributed by atoms with Crippen molar-refractivity contribution < 1.29 is 4.79 Å². The van der Waals surface area contributed by atoms with Gasteiger partial charge in [0.05, 0.1) is 6.04 Å². The van der Waals surface area contributed by atoms with Crippen LogP contribution in [0.2, 0.25) is 0 Å². The van der Waals surface area contributed by atoms with Crippen LogP contribution in [0.1, 0.15) is 45.1 Å². The molecule has 3 heterocycles. The van der Waals surface area contributed by atoms with Gasteiger partial charge < -0.3 is 9.47 Å². The van der Waals surface area contributed by atoms with Crippen molar-refractivity contribution in [3.05, 3.63) is 24.5 Å². The highest BCUT2D eigenvalue weighted by atomic mass is 16.2.